The summed E-state index contributed by atoms with van der Waals surface area (Å²) in [6.45, 7) is 2.82. The third-order valence-electron chi connectivity index (χ3n) is 3.06. The lowest BCUT2D eigenvalue weighted by atomic mass is 10.0. The number of hydrogen-bond donors (Lipinski definition) is 2. The largest absolute Gasteiger partial charge is 0.313 e. The molecule has 0 aromatic carbocycles. The Morgan fingerprint density at radius 2 is 2.28 bits per heavy atom. The monoisotopic (exact) mass is 273 g/mol. The van der Waals surface area contributed by atoms with E-state index in [1.165, 1.54) is 0 Å². The second-order valence-electron chi connectivity index (χ2n) is 4.45. The van der Waals surface area contributed by atoms with Crippen LogP contribution in [-0.4, -0.2) is 32.0 Å². The molecule has 0 spiro atoms. The van der Waals surface area contributed by atoms with Gasteiger partial charge in [0.05, 0.1) is 6.20 Å². The fraction of sp³-hybridized carbons (Fsp3) is 0.545. The molecule has 2 rings (SSSR count). The topological polar surface area (TPSA) is 71.1 Å². The van der Waals surface area contributed by atoms with E-state index >= 15 is 0 Å². The van der Waals surface area contributed by atoms with Crippen molar-refractivity contribution in [2.75, 3.05) is 6.54 Å². The molecule has 100 valence electrons. The maximum Gasteiger partial charge on any atom is 0.242 e. The Bertz CT molecular complexity index is 521. The number of rotatable bonds is 3. The zero-order chi connectivity index (χ0) is 13.2. The molecule has 1 aliphatic heterocycles. The van der Waals surface area contributed by atoms with Gasteiger partial charge < -0.3 is 5.32 Å². The van der Waals surface area contributed by atoms with E-state index in [1.807, 2.05) is 6.92 Å². The van der Waals surface area contributed by atoms with Crippen LogP contribution in [-0.2, 0) is 10.0 Å². The van der Waals surface area contributed by atoms with E-state index in [-0.39, 0.29) is 17.0 Å². The first-order chi connectivity index (χ1) is 8.49. The predicted molar refractivity (Wildman–Crippen MR) is 65.0 cm³/mol. The molecule has 0 radical (unpaired) electrons. The van der Waals surface area contributed by atoms with Gasteiger partial charge in [0, 0.05) is 18.3 Å². The molecule has 2 atom stereocenters. The van der Waals surface area contributed by atoms with Gasteiger partial charge in [0.25, 0.3) is 0 Å². The lowest BCUT2D eigenvalue weighted by Crippen LogP contribution is -2.51. The number of hydrogen-bond acceptors (Lipinski definition) is 4. The summed E-state index contributed by atoms with van der Waals surface area (Å²) in [6.07, 6.45) is 3.81. The molecule has 1 aromatic rings. The highest BCUT2D eigenvalue weighted by molar-refractivity contribution is 7.89. The summed E-state index contributed by atoms with van der Waals surface area (Å²) in [4.78, 5) is 3.41. The van der Waals surface area contributed by atoms with Crippen LogP contribution in [0.1, 0.15) is 19.8 Å². The molecule has 1 aromatic heterocycles. The number of sulfonamides is 1. The normalized spacial score (nSPS) is 25.0. The summed E-state index contributed by atoms with van der Waals surface area (Å²) in [5.74, 6) is -0.660. The third kappa shape index (κ3) is 3.04. The average Bonchev–Trinajstić information content (AvgIpc) is 2.32. The summed E-state index contributed by atoms with van der Waals surface area (Å²) in [5.41, 5.74) is 0. The van der Waals surface area contributed by atoms with Crippen LogP contribution in [0.25, 0.3) is 0 Å². The highest BCUT2D eigenvalue weighted by Gasteiger charge is 2.26. The molecule has 0 aliphatic carbocycles. The quantitative estimate of drug-likeness (QED) is 0.848. The van der Waals surface area contributed by atoms with Gasteiger partial charge in [-0.05, 0) is 32.4 Å². The first-order valence-electron chi connectivity index (χ1n) is 5.85. The summed E-state index contributed by atoms with van der Waals surface area (Å²) in [7, 11) is -3.71. The average molecular weight is 273 g/mol. The SMILES string of the molecule is CC1NCCCC1NS(=O)(=O)c1cncc(F)c1. The van der Waals surface area contributed by atoms with Crippen LogP contribution in [0, 0.1) is 5.82 Å². The van der Waals surface area contributed by atoms with Crippen LogP contribution < -0.4 is 10.0 Å². The van der Waals surface area contributed by atoms with Gasteiger partial charge in [-0.15, -0.1) is 0 Å². The minimum atomic E-state index is -3.71. The van der Waals surface area contributed by atoms with Crippen molar-refractivity contribution in [3.05, 3.63) is 24.3 Å². The van der Waals surface area contributed by atoms with E-state index in [9.17, 15) is 12.8 Å². The van der Waals surface area contributed by atoms with Gasteiger partial charge in [0.1, 0.15) is 10.7 Å². The van der Waals surface area contributed by atoms with Gasteiger partial charge in [-0.25, -0.2) is 17.5 Å². The summed E-state index contributed by atoms with van der Waals surface area (Å²) in [5, 5.41) is 3.20. The number of piperidine rings is 1. The van der Waals surface area contributed by atoms with Crippen molar-refractivity contribution in [1.29, 1.82) is 0 Å². The van der Waals surface area contributed by atoms with E-state index in [0.717, 1.165) is 37.8 Å². The van der Waals surface area contributed by atoms with Crippen molar-refractivity contribution < 1.29 is 12.8 Å². The van der Waals surface area contributed by atoms with Crippen LogP contribution >= 0.6 is 0 Å². The lowest BCUT2D eigenvalue weighted by Gasteiger charge is -2.30. The molecule has 0 saturated carbocycles. The summed E-state index contributed by atoms with van der Waals surface area (Å²) < 4.78 is 39.7. The van der Waals surface area contributed by atoms with Crippen LogP contribution in [0.3, 0.4) is 0 Å². The van der Waals surface area contributed by atoms with Crippen LogP contribution in [0.15, 0.2) is 23.4 Å². The second kappa shape index (κ2) is 5.29. The Balaban J connectivity index is 2.16. The van der Waals surface area contributed by atoms with Gasteiger partial charge in [-0.1, -0.05) is 0 Å². The van der Waals surface area contributed by atoms with Gasteiger partial charge in [0.15, 0.2) is 0 Å². The van der Waals surface area contributed by atoms with E-state index < -0.39 is 15.8 Å². The summed E-state index contributed by atoms with van der Waals surface area (Å²) >= 11 is 0. The molecule has 1 fully saturated rings. The Labute approximate surface area is 106 Å². The van der Waals surface area contributed by atoms with E-state index in [4.69, 9.17) is 0 Å². The molecule has 2 unspecified atom stereocenters. The Morgan fingerprint density at radius 3 is 2.94 bits per heavy atom. The zero-order valence-corrected chi connectivity index (χ0v) is 10.9. The molecule has 2 N–H and O–H groups in total. The molecular formula is C11H16FN3O2S. The number of aromatic nitrogens is 1. The lowest BCUT2D eigenvalue weighted by molar-refractivity contribution is 0.348. The molecular weight excluding hydrogens is 257 g/mol. The van der Waals surface area contributed by atoms with Gasteiger partial charge in [-0.2, -0.15) is 0 Å². The predicted octanol–water partition coefficient (Wildman–Crippen LogP) is 0.639. The number of nitrogens with one attached hydrogen (secondary N) is 2. The van der Waals surface area contributed by atoms with E-state index in [2.05, 4.69) is 15.0 Å². The van der Waals surface area contributed by atoms with Crippen molar-refractivity contribution in [1.82, 2.24) is 15.0 Å². The van der Waals surface area contributed by atoms with Crippen molar-refractivity contribution in [2.24, 2.45) is 0 Å². The second-order valence-corrected chi connectivity index (χ2v) is 6.17. The van der Waals surface area contributed by atoms with Crippen molar-refractivity contribution in [2.45, 2.75) is 36.7 Å². The number of nitrogens with zero attached hydrogens (tertiary/aromatic N) is 1. The molecule has 2 heterocycles. The highest BCUT2D eigenvalue weighted by Crippen LogP contribution is 2.14. The molecule has 7 heteroatoms. The molecule has 0 bridgehead atoms. The van der Waals surface area contributed by atoms with Crippen LogP contribution in [0.5, 0.6) is 0 Å². The minimum absolute atomic E-state index is 0.0649. The van der Waals surface area contributed by atoms with Crippen molar-refractivity contribution in [3.8, 4) is 0 Å². The Morgan fingerprint density at radius 1 is 1.50 bits per heavy atom. The minimum Gasteiger partial charge on any atom is -0.313 e. The van der Waals surface area contributed by atoms with Crippen LogP contribution in [0.2, 0.25) is 0 Å². The Hall–Kier alpha value is -1.05. The Kier molecular flexibility index (Phi) is 3.94. The van der Waals surface area contributed by atoms with Gasteiger partial charge >= 0.3 is 0 Å². The fourth-order valence-electron chi connectivity index (χ4n) is 2.01. The number of halogens is 1. The fourth-order valence-corrected chi connectivity index (χ4v) is 3.34. The smallest absolute Gasteiger partial charge is 0.242 e. The summed E-state index contributed by atoms with van der Waals surface area (Å²) in [6, 6.07) is 0.859. The van der Waals surface area contributed by atoms with Crippen molar-refractivity contribution in [3.63, 3.8) is 0 Å². The molecule has 0 amide bonds. The first kappa shape index (κ1) is 13.4. The highest BCUT2D eigenvalue weighted by atomic mass is 32.2. The maximum atomic E-state index is 13.0. The molecule has 1 saturated heterocycles. The van der Waals surface area contributed by atoms with E-state index in [1.54, 1.807) is 0 Å². The number of pyridine rings is 1. The zero-order valence-electron chi connectivity index (χ0n) is 10.1. The first-order valence-corrected chi connectivity index (χ1v) is 7.33. The molecule has 1 aliphatic rings. The molecule has 18 heavy (non-hydrogen) atoms. The van der Waals surface area contributed by atoms with Gasteiger partial charge in [-0.3, -0.25) is 4.98 Å². The maximum absolute atomic E-state index is 13.0. The van der Waals surface area contributed by atoms with E-state index in [0.29, 0.717) is 0 Å². The van der Waals surface area contributed by atoms with Crippen LogP contribution in [0.4, 0.5) is 4.39 Å². The third-order valence-corrected chi connectivity index (χ3v) is 4.52. The van der Waals surface area contributed by atoms with Gasteiger partial charge in [0.2, 0.25) is 10.0 Å². The standard InChI is InChI=1S/C11H16FN3O2S/c1-8-11(3-2-4-14-8)15-18(16,17)10-5-9(12)6-13-7-10/h5-8,11,14-15H,2-4H2,1H3. The molecule has 5 nitrogen and oxygen atoms in total. The van der Waals surface area contributed by atoms with Crippen molar-refractivity contribution >= 4 is 10.0 Å².